The lowest BCUT2D eigenvalue weighted by atomic mass is 10.1. The quantitative estimate of drug-likeness (QED) is 0.464. The molecule has 0 radical (unpaired) electrons. The third-order valence-corrected chi connectivity index (χ3v) is 2.42. The maximum Gasteiger partial charge on any atom is 0.238 e. The Morgan fingerprint density at radius 3 is 2.80 bits per heavy atom. The van der Waals surface area contributed by atoms with E-state index in [-0.39, 0.29) is 12.3 Å². The van der Waals surface area contributed by atoms with Crippen LogP contribution in [0.5, 0.6) is 5.75 Å². The summed E-state index contributed by atoms with van der Waals surface area (Å²) in [6.45, 7) is 1.89. The number of carbonyl (C=O) groups is 1. The molecule has 0 saturated carbocycles. The van der Waals surface area contributed by atoms with E-state index in [1.807, 2.05) is 6.92 Å². The van der Waals surface area contributed by atoms with Crippen molar-refractivity contribution in [2.75, 3.05) is 7.11 Å². The molecule has 0 saturated heterocycles. The number of aryl methyl sites for hydroxylation is 1. The molecule has 82 valence electrons. The van der Waals surface area contributed by atoms with E-state index in [1.54, 1.807) is 19.2 Å². The molecule has 0 fully saturated rings. The fraction of sp³-hybridized carbons (Fsp3) is 0.300. The Morgan fingerprint density at radius 1 is 1.60 bits per heavy atom. The summed E-state index contributed by atoms with van der Waals surface area (Å²) in [5, 5.41) is 0.489. The Labute approximate surface area is 93.3 Å². The predicted molar refractivity (Wildman–Crippen MR) is 58.8 cm³/mol. The molecule has 0 heterocycles. The maximum absolute atomic E-state index is 11.1. The van der Waals surface area contributed by atoms with Crippen LogP contribution in [-0.4, -0.2) is 13.0 Å². The Morgan fingerprint density at radius 2 is 2.27 bits per heavy atom. The number of methoxy groups -OCH3 is 1. The predicted octanol–water partition coefficient (Wildman–Crippen LogP) is 1.19. The lowest BCUT2D eigenvalue weighted by Crippen LogP contribution is -2.31. The summed E-state index contributed by atoms with van der Waals surface area (Å²) in [5.74, 6) is 5.36. The molecule has 3 N–H and O–H groups in total. The van der Waals surface area contributed by atoms with Crippen molar-refractivity contribution in [2.45, 2.75) is 13.3 Å². The van der Waals surface area contributed by atoms with Crippen molar-refractivity contribution in [2.24, 2.45) is 5.84 Å². The molecule has 0 aromatic heterocycles. The van der Waals surface area contributed by atoms with Crippen LogP contribution in [0.15, 0.2) is 12.1 Å². The second-order valence-electron chi connectivity index (χ2n) is 3.16. The van der Waals surface area contributed by atoms with Gasteiger partial charge in [-0.1, -0.05) is 11.6 Å². The van der Waals surface area contributed by atoms with E-state index in [9.17, 15) is 4.79 Å². The van der Waals surface area contributed by atoms with Crippen molar-refractivity contribution in [1.82, 2.24) is 5.43 Å². The Kier molecular flexibility index (Phi) is 3.94. The van der Waals surface area contributed by atoms with Crippen molar-refractivity contribution in [3.8, 4) is 5.75 Å². The lowest BCUT2D eigenvalue weighted by molar-refractivity contribution is -0.120. The summed E-state index contributed by atoms with van der Waals surface area (Å²) < 4.78 is 5.05. The number of ether oxygens (including phenoxy) is 1. The lowest BCUT2D eigenvalue weighted by Gasteiger charge is -2.09. The van der Waals surface area contributed by atoms with Gasteiger partial charge in [0.1, 0.15) is 5.75 Å². The van der Waals surface area contributed by atoms with Crippen LogP contribution in [0.2, 0.25) is 5.02 Å². The van der Waals surface area contributed by atoms with Gasteiger partial charge in [-0.3, -0.25) is 10.2 Å². The van der Waals surface area contributed by atoms with E-state index in [0.717, 1.165) is 11.1 Å². The summed E-state index contributed by atoms with van der Waals surface area (Å²) in [6, 6.07) is 3.51. The van der Waals surface area contributed by atoms with Crippen LogP contribution in [0.25, 0.3) is 0 Å². The monoisotopic (exact) mass is 228 g/mol. The molecule has 1 rings (SSSR count). The molecular formula is C10H13ClN2O2. The zero-order valence-electron chi connectivity index (χ0n) is 8.63. The SMILES string of the molecule is COc1cc(C)c(CC(=O)NN)cc1Cl. The minimum Gasteiger partial charge on any atom is -0.495 e. The third kappa shape index (κ3) is 2.84. The Bertz CT molecular complexity index is 380. The normalized spacial score (nSPS) is 9.87. The number of carbonyl (C=O) groups excluding carboxylic acids is 1. The van der Waals surface area contributed by atoms with Crippen molar-refractivity contribution >= 4 is 17.5 Å². The summed E-state index contributed by atoms with van der Waals surface area (Å²) in [6.07, 6.45) is 0.214. The van der Waals surface area contributed by atoms with Gasteiger partial charge in [-0.15, -0.1) is 0 Å². The first-order chi connectivity index (χ1) is 7.08. The fourth-order valence-corrected chi connectivity index (χ4v) is 1.53. The molecule has 4 nitrogen and oxygen atoms in total. The van der Waals surface area contributed by atoms with Gasteiger partial charge < -0.3 is 4.74 Å². The van der Waals surface area contributed by atoms with Crippen LogP contribution in [0.1, 0.15) is 11.1 Å². The van der Waals surface area contributed by atoms with Gasteiger partial charge in [0.15, 0.2) is 0 Å². The molecule has 0 spiro atoms. The Hall–Kier alpha value is -1.26. The molecule has 1 aromatic carbocycles. The van der Waals surface area contributed by atoms with E-state index in [4.69, 9.17) is 22.2 Å². The van der Waals surface area contributed by atoms with E-state index >= 15 is 0 Å². The van der Waals surface area contributed by atoms with E-state index in [2.05, 4.69) is 5.43 Å². The minimum atomic E-state index is -0.251. The summed E-state index contributed by atoms with van der Waals surface area (Å²) in [4.78, 5) is 11.1. The molecule has 5 heteroatoms. The van der Waals surface area contributed by atoms with Gasteiger partial charge in [-0.2, -0.15) is 0 Å². The number of hydrazine groups is 1. The average molecular weight is 229 g/mol. The summed E-state index contributed by atoms with van der Waals surface area (Å²) in [5.41, 5.74) is 3.86. The molecule has 0 aliphatic heterocycles. The Balaban J connectivity index is 3.00. The van der Waals surface area contributed by atoms with E-state index in [1.165, 1.54) is 0 Å². The van der Waals surface area contributed by atoms with Crippen LogP contribution in [0.4, 0.5) is 0 Å². The highest BCUT2D eigenvalue weighted by atomic mass is 35.5. The first-order valence-electron chi connectivity index (χ1n) is 4.41. The van der Waals surface area contributed by atoms with Gasteiger partial charge in [0.05, 0.1) is 18.6 Å². The topological polar surface area (TPSA) is 64.3 Å². The van der Waals surface area contributed by atoms with Crippen molar-refractivity contribution in [3.63, 3.8) is 0 Å². The van der Waals surface area contributed by atoms with Gasteiger partial charge in [0, 0.05) is 0 Å². The van der Waals surface area contributed by atoms with Gasteiger partial charge >= 0.3 is 0 Å². The first kappa shape index (κ1) is 11.8. The van der Waals surface area contributed by atoms with Crippen molar-refractivity contribution in [1.29, 1.82) is 0 Å². The highest BCUT2D eigenvalue weighted by Gasteiger charge is 2.09. The maximum atomic E-state index is 11.1. The van der Waals surface area contributed by atoms with Crippen LogP contribution in [0.3, 0.4) is 0 Å². The molecule has 1 amide bonds. The average Bonchev–Trinajstić information content (AvgIpc) is 2.22. The molecular weight excluding hydrogens is 216 g/mol. The van der Waals surface area contributed by atoms with E-state index in [0.29, 0.717) is 10.8 Å². The molecule has 15 heavy (non-hydrogen) atoms. The largest absolute Gasteiger partial charge is 0.495 e. The van der Waals surface area contributed by atoms with E-state index < -0.39 is 0 Å². The summed E-state index contributed by atoms with van der Waals surface area (Å²) >= 11 is 5.94. The van der Waals surface area contributed by atoms with Crippen LogP contribution in [0, 0.1) is 6.92 Å². The van der Waals surface area contributed by atoms with Crippen molar-refractivity contribution in [3.05, 3.63) is 28.3 Å². The van der Waals surface area contributed by atoms with Crippen molar-refractivity contribution < 1.29 is 9.53 Å². The smallest absolute Gasteiger partial charge is 0.238 e. The highest BCUT2D eigenvalue weighted by molar-refractivity contribution is 6.32. The van der Waals surface area contributed by atoms with Gasteiger partial charge in [0.2, 0.25) is 5.91 Å². The number of hydrogen-bond donors (Lipinski definition) is 2. The number of nitrogens with one attached hydrogen (secondary N) is 1. The van der Waals surface area contributed by atoms with Gasteiger partial charge in [0.25, 0.3) is 0 Å². The number of halogens is 1. The highest BCUT2D eigenvalue weighted by Crippen LogP contribution is 2.27. The molecule has 0 aliphatic carbocycles. The number of benzene rings is 1. The minimum absolute atomic E-state index is 0.214. The second-order valence-corrected chi connectivity index (χ2v) is 3.56. The molecule has 0 bridgehead atoms. The zero-order valence-corrected chi connectivity index (χ0v) is 9.39. The van der Waals surface area contributed by atoms with Crippen LogP contribution >= 0.6 is 11.6 Å². The molecule has 0 atom stereocenters. The number of rotatable bonds is 3. The molecule has 1 aromatic rings. The van der Waals surface area contributed by atoms with Crippen LogP contribution < -0.4 is 16.0 Å². The number of nitrogens with two attached hydrogens (primary N) is 1. The van der Waals surface area contributed by atoms with Gasteiger partial charge in [-0.05, 0) is 30.2 Å². The standard InChI is InChI=1S/C10H13ClN2O2/c1-6-3-9(15-2)8(11)4-7(6)5-10(14)13-12/h3-4H,5,12H2,1-2H3,(H,13,14). The zero-order chi connectivity index (χ0) is 11.4. The second kappa shape index (κ2) is 5.00. The fourth-order valence-electron chi connectivity index (χ4n) is 1.27. The molecule has 0 unspecified atom stereocenters. The number of amides is 1. The summed E-state index contributed by atoms with van der Waals surface area (Å²) in [7, 11) is 1.55. The van der Waals surface area contributed by atoms with Crippen LogP contribution in [-0.2, 0) is 11.2 Å². The van der Waals surface area contributed by atoms with Gasteiger partial charge in [-0.25, -0.2) is 5.84 Å². The molecule has 0 aliphatic rings. The number of hydrogen-bond acceptors (Lipinski definition) is 3. The third-order valence-electron chi connectivity index (χ3n) is 2.12. The first-order valence-corrected chi connectivity index (χ1v) is 4.78.